The topological polar surface area (TPSA) is 79.5 Å². The molecule has 1 saturated heterocycles. The Balaban J connectivity index is 1.79. The maximum atomic E-state index is 13.8. The van der Waals surface area contributed by atoms with Crippen LogP contribution in [0.4, 0.5) is 17.6 Å². The highest BCUT2D eigenvalue weighted by Crippen LogP contribution is 2.47. The van der Waals surface area contributed by atoms with E-state index < -0.39 is 28.5 Å². The lowest BCUT2D eigenvalue weighted by Gasteiger charge is -2.44. The summed E-state index contributed by atoms with van der Waals surface area (Å²) >= 11 is 0. The van der Waals surface area contributed by atoms with Crippen LogP contribution in [0.15, 0.2) is 18.2 Å². The van der Waals surface area contributed by atoms with Crippen LogP contribution in [0.1, 0.15) is 64.5 Å². The van der Waals surface area contributed by atoms with Crippen molar-refractivity contribution >= 4 is 11.8 Å². The van der Waals surface area contributed by atoms with E-state index in [1.165, 1.54) is 6.92 Å². The molecule has 0 spiro atoms. The van der Waals surface area contributed by atoms with Gasteiger partial charge >= 0.3 is 6.18 Å². The molecule has 2 aliphatic rings. The lowest BCUT2D eigenvalue weighted by Crippen LogP contribution is -2.61. The summed E-state index contributed by atoms with van der Waals surface area (Å²) in [5.41, 5.74) is -3.00. The minimum absolute atomic E-state index is 0.0156. The van der Waals surface area contributed by atoms with Gasteiger partial charge in [0, 0.05) is 37.7 Å². The molecule has 1 unspecified atom stereocenters. The maximum absolute atomic E-state index is 13.8. The first-order valence-corrected chi connectivity index (χ1v) is 12.0. The van der Waals surface area contributed by atoms with Crippen LogP contribution in [-0.4, -0.2) is 42.7 Å². The number of halogens is 4. The first-order chi connectivity index (χ1) is 16.2. The third kappa shape index (κ3) is 6.33. The van der Waals surface area contributed by atoms with Gasteiger partial charge in [0.25, 0.3) is 0 Å². The van der Waals surface area contributed by atoms with E-state index in [1.807, 2.05) is 0 Å². The summed E-state index contributed by atoms with van der Waals surface area (Å²) in [5.74, 6) is -1.35. The summed E-state index contributed by atoms with van der Waals surface area (Å²) in [5, 5.41) is 9.28. The van der Waals surface area contributed by atoms with Crippen LogP contribution in [0.5, 0.6) is 0 Å². The van der Waals surface area contributed by atoms with E-state index in [-0.39, 0.29) is 36.0 Å². The average molecular weight is 502 g/mol. The van der Waals surface area contributed by atoms with Crippen LogP contribution in [0.2, 0.25) is 0 Å². The third-order valence-corrected chi connectivity index (χ3v) is 7.46. The number of hydrogen-bond donors (Lipinski definition) is 3. The smallest absolute Gasteiger partial charge is 0.381 e. The van der Waals surface area contributed by atoms with Gasteiger partial charge in [0.1, 0.15) is 5.82 Å². The molecule has 1 heterocycles. The summed E-state index contributed by atoms with van der Waals surface area (Å²) in [6.45, 7) is 8.15. The molecule has 1 aromatic carbocycles. The Labute approximate surface area is 203 Å². The van der Waals surface area contributed by atoms with Crippen LogP contribution in [-0.2, 0) is 27.0 Å². The molecule has 35 heavy (non-hydrogen) atoms. The molecular formula is C25H35F4N3O3. The molecule has 0 bridgehead atoms. The molecule has 2 amide bonds. The van der Waals surface area contributed by atoms with E-state index in [2.05, 4.69) is 22.9 Å². The fraction of sp³-hybridized carbons (Fsp3) is 0.680. The van der Waals surface area contributed by atoms with Crippen molar-refractivity contribution in [1.29, 1.82) is 0 Å². The van der Waals surface area contributed by atoms with Gasteiger partial charge in [-0.2, -0.15) is 13.2 Å². The SMILES string of the molecule is CC(=O)NC(C)(C)[C@]1(C(=O)NCc2cc(F)cc(C(F)(F)F)c2)CCC(N[C@H]2CCOC[C@H]2C)C1. The molecule has 1 aliphatic carbocycles. The number of alkyl halides is 3. The third-order valence-electron chi connectivity index (χ3n) is 7.46. The van der Waals surface area contributed by atoms with Gasteiger partial charge in [-0.05, 0) is 69.2 Å². The highest BCUT2D eigenvalue weighted by atomic mass is 19.4. The summed E-state index contributed by atoms with van der Waals surface area (Å²) < 4.78 is 58.6. The zero-order valence-electron chi connectivity index (χ0n) is 20.7. The van der Waals surface area contributed by atoms with Crippen molar-refractivity contribution in [3.8, 4) is 0 Å². The maximum Gasteiger partial charge on any atom is 0.416 e. The lowest BCUT2D eigenvalue weighted by atomic mass is 9.68. The Hall–Kier alpha value is -2.20. The van der Waals surface area contributed by atoms with Crippen molar-refractivity contribution in [1.82, 2.24) is 16.0 Å². The number of carbonyl (C=O) groups is 2. The van der Waals surface area contributed by atoms with Crippen molar-refractivity contribution in [2.45, 2.75) is 83.7 Å². The number of benzene rings is 1. The van der Waals surface area contributed by atoms with Crippen molar-refractivity contribution in [3.63, 3.8) is 0 Å². The van der Waals surface area contributed by atoms with Gasteiger partial charge in [-0.3, -0.25) is 9.59 Å². The molecule has 10 heteroatoms. The lowest BCUT2D eigenvalue weighted by molar-refractivity contribution is -0.138. The second-order valence-corrected chi connectivity index (χ2v) is 10.5. The highest BCUT2D eigenvalue weighted by molar-refractivity contribution is 5.86. The molecule has 0 aromatic heterocycles. The van der Waals surface area contributed by atoms with E-state index in [9.17, 15) is 27.2 Å². The molecule has 6 nitrogen and oxygen atoms in total. The van der Waals surface area contributed by atoms with Crippen LogP contribution >= 0.6 is 0 Å². The van der Waals surface area contributed by atoms with E-state index in [0.29, 0.717) is 44.5 Å². The summed E-state index contributed by atoms with van der Waals surface area (Å²) in [7, 11) is 0. The number of hydrogen-bond acceptors (Lipinski definition) is 4. The van der Waals surface area contributed by atoms with Crippen LogP contribution in [0.3, 0.4) is 0 Å². The zero-order valence-corrected chi connectivity index (χ0v) is 20.7. The molecule has 3 N–H and O–H groups in total. The van der Waals surface area contributed by atoms with Gasteiger partial charge in [-0.15, -0.1) is 0 Å². The molecule has 4 atom stereocenters. The van der Waals surface area contributed by atoms with Gasteiger partial charge in [0.05, 0.1) is 17.6 Å². The minimum atomic E-state index is -4.69. The fourth-order valence-corrected chi connectivity index (χ4v) is 5.50. The van der Waals surface area contributed by atoms with Gasteiger partial charge in [0.2, 0.25) is 11.8 Å². The molecule has 3 rings (SSSR count). The van der Waals surface area contributed by atoms with Crippen LogP contribution in [0, 0.1) is 17.2 Å². The standard InChI is InChI=1S/C25H35F4N3O3/c1-15-14-35-8-6-21(15)31-20-5-7-24(12-20,23(3,4)32-16(2)33)22(34)30-13-17-9-18(25(27,28)29)11-19(26)10-17/h9-11,15,20-21,31H,5-8,12-14H2,1-4H3,(H,30,34)(H,32,33)/t15-,20?,21+,24-/m1/s1. The van der Waals surface area contributed by atoms with Crippen molar-refractivity contribution in [3.05, 3.63) is 35.1 Å². The first kappa shape index (κ1) is 27.4. The number of nitrogens with one attached hydrogen (secondary N) is 3. The number of ether oxygens (including phenoxy) is 1. The number of amides is 2. The Morgan fingerprint density at radius 3 is 2.51 bits per heavy atom. The Kier molecular flexibility index (Phi) is 8.16. The fourth-order valence-electron chi connectivity index (χ4n) is 5.50. The predicted octanol–water partition coefficient (Wildman–Crippen LogP) is 3.93. The van der Waals surface area contributed by atoms with Crippen molar-refractivity contribution < 1.29 is 31.9 Å². The summed E-state index contributed by atoms with van der Waals surface area (Å²) in [6.07, 6.45) is -2.18. The van der Waals surface area contributed by atoms with E-state index in [4.69, 9.17) is 4.74 Å². The zero-order chi connectivity index (χ0) is 26.0. The largest absolute Gasteiger partial charge is 0.416 e. The van der Waals surface area contributed by atoms with Crippen LogP contribution in [0.25, 0.3) is 0 Å². The second-order valence-electron chi connectivity index (χ2n) is 10.5. The molecular weight excluding hydrogens is 466 g/mol. The molecule has 1 aliphatic heterocycles. The Morgan fingerprint density at radius 1 is 1.17 bits per heavy atom. The average Bonchev–Trinajstić information content (AvgIpc) is 3.18. The van der Waals surface area contributed by atoms with Gasteiger partial charge in [-0.1, -0.05) is 6.92 Å². The van der Waals surface area contributed by atoms with Crippen molar-refractivity contribution in [2.24, 2.45) is 11.3 Å². The Morgan fingerprint density at radius 2 is 1.89 bits per heavy atom. The number of rotatable bonds is 7. The number of carbonyl (C=O) groups excluding carboxylic acids is 2. The highest BCUT2D eigenvalue weighted by Gasteiger charge is 2.55. The predicted molar refractivity (Wildman–Crippen MR) is 123 cm³/mol. The van der Waals surface area contributed by atoms with Gasteiger partial charge in [0.15, 0.2) is 0 Å². The first-order valence-electron chi connectivity index (χ1n) is 12.0. The Bertz CT molecular complexity index is 937. The molecule has 1 saturated carbocycles. The minimum Gasteiger partial charge on any atom is -0.381 e. The molecule has 2 fully saturated rings. The van der Waals surface area contributed by atoms with E-state index in [1.54, 1.807) is 13.8 Å². The normalized spacial score (nSPS) is 27.5. The van der Waals surface area contributed by atoms with Crippen LogP contribution < -0.4 is 16.0 Å². The summed E-state index contributed by atoms with van der Waals surface area (Å²) in [6, 6.07) is 2.53. The van der Waals surface area contributed by atoms with Gasteiger partial charge in [-0.25, -0.2) is 4.39 Å². The molecule has 0 radical (unpaired) electrons. The molecule has 1 aromatic rings. The second kappa shape index (κ2) is 10.4. The monoisotopic (exact) mass is 501 g/mol. The van der Waals surface area contributed by atoms with E-state index >= 15 is 0 Å². The summed E-state index contributed by atoms with van der Waals surface area (Å²) in [4.78, 5) is 25.6. The van der Waals surface area contributed by atoms with Gasteiger partial charge < -0.3 is 20.7 Å². The van der Waals surface area contributed by atoms with E-state index in [0.717, 1.165) is 18.6 Å². The van der Waals surface area contributed by atoms with Crippen molar-refractivity contribution in [2.75, 3.05) is 13.2 Å². The quantitative estimate of drug-likeness (QED) is 0.495. The molecule has 196 valence electrons.